The lowest BCUT2D eigenvalue weighted by molar-refractivity contribution is -0.139. The number of nitrogens with one attached hydrogen (secondary N) is 2. The van der Waals surface area contributed by atoms with Crippen LogP contribution in [-0.2, 0) is 14.4 Å². The molecule has 0 radical (unpaired) electrons. The normalized spacial score (nSPS) is 31.6. The van der Waals surface area contributed by atoms with Crippen molar-refractivity contribution in [2.24, 2.45) is 11.8 Å². The van der Waals surface area contributed by atoms with E-state index >= 15 is 0 Å². The quantitative estimate of drug-likeness (QED) is 0.295. The molecule has 0 aromatic heterocycles. The Labute approximate surface area is 217 Å². The number of anilines is 1. The van der Waals surface area contributed by atoms with Crippen LogP contribution in [0, 0.1) is 11.8 Å². The molecule has 6 atom stereocenters. The zero-order valence-corrected chi connectivity index (χ0v) is 22.3. The van der Waals surface area contributed by atoms with E-state index in [9.17, 15) is 14.4 Å². The fraction of sp³-hybridized carbons (Fsp3) is 0.625. The molecule has 0 saturated carbocycles. The highest BCUT2D eigenvalue weighted by molar-refractivity contribution is 9.09. The van der Waals surface area contributed by atoms with Gasteiger partial charge in [0.15, 0.2) is 0 Å². The van der Waals surface area contributed by atoms with E-state index in [0.29, 0.717) is 43.1 Å². The van der Waals surface area contributed by atoms with E-state index in [2.05, 4.69) is 26.6 Å². The second-order valence-corrected chi connectivity index (χ2v) is 12.4. The van der Waals surface area contributed by atoms with E-state index in [1.54, 1.807) is 40.9 Å². The number of hydrogen-bond acceptors (Lipinski definition) is 5. The van der Waals surface area contributed by atoms with Gasteiger partial charge in [-0.15, -0.1) is 11.8 Å². The fourth-order valence-electron chi connectivity index (χ4n) is 5.65. The molecule has 3 aliphatic heterocycles. The average Bonchev–Trinajstić information content (AvgIpc) is 3.40. The fourth-order valence-corrected chi connectivity index (χ4v) is 9.39. The third kappa shape index (κ3) is 4.61. The Hall–Kier alpha value is -1.29. The first-order valence-corrected chi connectivity index (χ1v) is 14.1. The predicted molar refractivity (Wildman–Crippen MR) is 138 cm³/mol. The van der Waals surface area contributed by atoms with Crippen molar-refractivity contribution in [1.29, 1.82) is 0 Å². The molecule has 186 valence electrons. The largest absolute Gasteiger partial charge is 0.396 e. The van der Waals surface area contributed by atoms with E-state index in [0.717, 1.165) is 12.8 Å². The Morgan fingerprint density at radius 2 is 1.97 bits per heavy atom. The van der Waals surface area contributed by atoms with Gasteiger partial charge in [0, 0.05) is 40.5 Å². The van der Waals surface area contributed by atoms with Gasteiger partial charge in [-0.05, 0) is 56.4 Å². The molecule has 3 saturated heterocycles. The molecule has 3 heterocycles. The molecule has 3 unspecified atom stereocenters. The molecule has 0 aliphatic carbocycles. The predicted octanol–water partition coefficient (Wildman–Crippen LogP) is 3.43. The Bertz CT molecular complexity index is 935. The molecule has 1 aromatic carbocycles. The number of halogens is 2. The Balaban J connectivity index is 1.65. The summed E-state index contributed by atoms with van der Waals surface area (Å²) >= 11 is 11.4. The first-order valence-electron chi connectivity index (χ1n) is 11.9. The SMILES string of the molecule is CCCNC(=O)[C@H]1[C@@H]2SC3(CC2Br)C(C(=O)Nc2ccc(Cl)cc2)N(CCCCCO)C(=O)[C@H]13. The lowest BCUT2D eigenvalue weighted by Gasteiger charge is -2.35. The maximum Gasteiger partial charge on any atom is 0.248 e. The number of aliphatic hydroxyl groups is 1. The molecule has 1 aromatic rings. The third-order valence-corrected chi connectivity index (χ3v) is 10.5. The molecule has 7 nitrogen and oxygen atoms in total. The zero-order valence-electron chi connectivity index (χ0n) is 19.1. The van der Waals surface area contributed by atoms with E-state index < -0.39 is 22.6 Å². The number of nitrogens with zero attached hydrogens (tertiary/aromatic N) is 1. The van der Waals surface area contributed by atoms with Gasteiger partial charge >= 0.3 is 0 Å². The van der Waals surface area contributed by atoms with Crippen LogP contribution in [-0.4, -0.2) is 68.3 Å². The second kappa shape index (κ2) is 10.8. The summed E-state index contributed by atoms with van der Waals surface area (Å²) < 4.78 is -0.655. The van der Waals surface area contributed by atoms with Crippen molar-refractivity contribution in [2.45, 2.75) is 59.9 Å². The van der Waals surface area contributed by atoms with Crippen molar-refractivity contribution in [3.8, 4) is 0 Å². The number of hydrogen-bond donors (Lipinski definition) is 3. The van der Waals surface area contributed by atoms with Crippen LogP contribution in [0.1, 0.15) is 39.0 Å². The van der Waals surface area contributed by atoms with Crippen LogP contribution in [0.2, 0.25) is 5.02 Å². The van der Waals surface area contributed by atoms with Crippen LogP contribution in [0.4, 0.5) is 5.69 Å². The monoisotopic (exact) mass is 571 g/mol. The summed E-state index contributed by atoms with van der Waals surface area (Å²) in [6.07, 6.45) is 3.59. The van der Waals surface area contributed by atoms with Gasteiger partial charge in [0.1, 0.15) is 6.04 Å². The highest BCUT2D eigenvalue weighted by Crippen LogP contribution is 2.67. The van der Waals surface area contributed by atoms with Gasteiger partial charge in [0.25, 0.3) is 0 Å². The molecule has 34 heavy (non-hydrogen) atoms. The summed E-state index contributed by atoms with van der Waals surface area (Å²) in [5.74, 6) is -1.42. The molecule has 3 fully saturated rings. The Kier molecular flexibility index (Phi) is 8.17. The minimum Gasteiger partial charge on any atom is -0.396 e. The summed E-state index contributed by atoms with van der Waals surface area (Å²) in [5, 5.41) is 15.6. The van der Waals surface area contributed by atoms with Crippen molar-refractivity contribution in [3.05, 3.63) is 29.3 Å². The van der Waals surface area contributed by atoms with Crippen LogP contribution in [0.15, 0.2) is 24.3 Å². The first kappa shape index (κ1) is 25.8. The number of amides is 3. The number of benzene rings is 1. The highest BCUT2D eigenvalue weighted by Gasteiger charge is 2.75. The minimum atomic E-state index is -0.672. The van der Waals surface area contributed by atoms with Gasteiger partial charge in [-0.25, -0.2) is 0 Å². The lowest BCUT2D eigenvalue weighted by Crippen LogP contribution is -2.53. The number of rotatable bonds is 10. The first-order chi connectivity index (χ1) is 16.3. The maximum atomic E-state index is 13.8. The van der Waals surface area contributed by atoms with Crippen LogP contribution < -0.4 is 10.6 Å². The van der Waals surface area contributed by atoms with Crippen molar-refractivity contribution in [3.63, 3.8) is 0 Å². The summed E-state index contributed by atoms with van der Waals surface area (Å²) in [6.45, 7) is 3.09. The summed E-state index contributed by atoms with van der Waals surface area (Å²) in [4.78, 5) is 42.5. The molecule has 3 N–H and O–H groups in total. The molecule has 4 rings (SSSR count). The van der Waals surface area contributed by atoms with Crippen LogP contribution in [0.5, 0.6) is 0 Å². The molecule has 3 aliphatic rings. The maximum absolute atomic E-state index is 13.8. The van der Waals surface area contributed by atoms with Gasteiger partial charge in [0.05, 0.1) is 16.6 Å². The molecule has 10 heteroatoms. The number of alkyl halides is 1. The number of likely N-dealkylation sites (tertiary alicyclic amines) is 1. The lowest BCUT2D eigenvalue weighted by atomic mass is 9.70. The summed E-state index contributed by atoms with van der Waals surface area (Å²) in [6, 6.07) is 6.23. The number of carbonyl (C=O) groups excluding carboxylic acids is 3. The van der Waals surface area contributed by atoms with Crippen LogP contribution >= 0.6 is 39.3 Å². The Morgan fingerprint density at radius 1 is 1.24 bits per heavy atom. The highest BCUT2D eigenvalue weighted by atomic mass is 79.9. The number of fused-ring (bicyclic) bond motifs is 1. The van der Waals surface area contributed by atoms with Gasteiger partial charge in [0.2, 0.25) is 17.7 Å². The summed E-state index contributed by atoms with van der Waals surface area (Å²) in [7, 11) is 0. The molecular formula is C24H31BrClN3O4S. The van der Waals surface area contributed by atoms with Gasteiger partial charge in [-0.2, -0.15) is 0 Å². The van der Waals surface area contributed by atoms with Crippen molar-refractivity contribution >= 4 is 62.7 Å². The van der Waals surface area contributed by atoms with Crippen molar-refractivity contribution in [2.75, 3.05) is 25.0 Å². The van der Waals surface area contributed by atoms with Crippen molar-refractivity contribution in [1.82, 2.24) is 10.2 Å². The second-order valence-electron chi connectivity index (χ2n) is 9.27. The Morgan fingerprint density at radius 3 is 2.65 bits per heavy atom. The van der Waals surface area contributed by atoms with E-state index in [-0.39, 0.29) is 34.4 Å². The molecule has 2 bridgehead atoms. The van der Waals surface area contributed by atoms with E-state index in [4.69, 9.17) is 16.7 Å². The number of thioether (sulfide) groups is 1. The van der Waals surface area contributed by atoms with E-state index in [1.807, 2.05) is 6.92 Å². The van der Waals surface area contributed by atoms with Gasteiger partial charge in [-0.3, -0.25) is 14.4 Å². The van der Waals surface area contributed by atoms with Gasteiger partial charge < -0.3 is 20.6 Å². The molecule has 1 spiro atoms. The molecule has 3 amide bonds. The summed E-state index contributed by atoms with van der Waals surface area (Å²) in [5.41, 5.74) is 0.618. The zero-order chi connectivity index (χ0) is 24.5. The topological polar surface area (TPSA) is 98.7 Å². The number of carbonyl (C=O) groups is 3. The number of aliphatic hydroxyl groups excluding tert-OH is 1. The van der Waals surface area contributed by atoms with Crippen molar-refractivity contribution < 1.29 is 19.5 Å². The smallest absolute Gasteiger partial charge is 0.248 e. The number of unbranched alkanes of at least 4 members (excludes halogenated alkanes) is 2. The standard InChI is InChI=1S/C24H31BrClN3O4S/c1-2-10-27-21(31)17-18-23(33)29(11-4-3-5-12-30)20(24(18)13-16(25)19(17)34-24)22(32)28-15-8-6-14(26)7-9-15/h6-9,16-20,30H,2-5,10-13H2,1H3,(H,27,31)(H,28,32)/t16?,17-,18+,19-,20?,24?/m1/s1. The van der Waals surface area contributed by atoms with Gasteiger partial charge in [-0.1, -0.05) is 34.5 Å². The average molecular weight is 573 g/mol. The van der Waals surface area contributed by atoms with Crippen LogP contribution in [0.3, 0.4) is 0 Å². The molecular weight excluding hydrogens is 542 g/mol. The minimum absolute atomic E-state index is 0.0480. The van der Waals surface area contributed by atoms with Crippen LogP contribution in [0.25, 0.3) is 0 Å². The third-order valence-electron chi connectivity index (χ3n) is 7.06. The van der Waals surface area contributed by atoms with E-state index in [1.165, 1.54) is 0 Å².